The number of nitrogens with one attached hydrogen (secondary N) is 1. The van der Waals surface area contributed by atoms with Crippen LogP contribution in [0.4, 0.5) is 24.5 Å². The summed E-state index contributed by atoms with van der Waals surface area (Å²) in [5.74, 6) is -0.284. The number of fused-ring (bicyclic) bond motifs is 1. The number of nitrogens with zero attached hydrogens (tertiary/aromatic N) is 2. The summed E-state index contributed by atoms with van der Waals surface area (Å²) in [7, 11) is 0. The van der Waals surface area contributed by atoms with Gasteiger partial charge in [0.25, 0.3) is 5.91 Å². The van der Waals surface area contributed by atoms with E-state index in [0.717, 1.165) is 30.9 Å². The molecule has 27 heavy (non-hydrogen) atoms. The maximum absolute atomic E-state index is 13.0. The molecule has 2 aromatic rings. The van der Waals surface area contributed by atoms with Gasteiger partial charge in [0.15, 0.2) is 6.67 Å². The summed E-state index contributed by atoms with van der Waals surface area (Å²) in [5, 5.41) is 0. The Kier molecular flexibility index (Phi) is 5.32. The molecule has 0 aromatic heterocycles. The van der Waals surface area contributed by atoms with Crippen molar-refractivity contribution in [2.75, 3.05) is 24.7 Å². The molecule has 1 aliphatic rings. The van der Waals surface area contributed by atoms with Crippen molar-refractivity contribution in [2.45, 2.75) is 20.0 Å². The predicted octanol–water partition coefficient (Wildman–Crippen LogP) is 3.06. The number of para-hydroxylation sites is 1. The molecule has 0 saturated heterocycles. The van der Waals surface area contributed by atoms with Gasteiger partial charge < -0.3 is 4.90 Å². The number of hydrogen-bond acceptors (Lipinski definition) is 2. The SMILES string of the molecule is CC[NH+](CC)CN1C(=O)C(=Nc2cccc(C(F)(F)F)c2)c2ccccc21. The van der Waals surface area contributed by atoms with Crippen LogP contribution in [0.5, 0.6) is 0 Å². The number of amides is 1. The van der Waals surface area contributed by atoms with Crippen LogP contribution < -0.4 is 9.80 Å². The fourth-order valence-electron chi connectivity index (χ4n) is 3.10. The minimum Gasteiger partial charge on any atom is -0.318 e. The van der Waals surface area contributed by atoms with Crippen molar-refractivity contribution in [3.8, 4) is 0 Å². The van der Waals surface area contributed by atoms with Crippen molar-refractivity contribution in [2.24, 2.45) is 4.99 Å². The zero-order chi connectivity index (χ0) is 19.6. The highest BCUT2D eigenvalue weighted by molar-refractivity contribution is 6.54. The molecule has 0 bridgehead atoms. The van der Waals surface area contributed by atoms with Gasteiger partial charge in [-0.1, -0.05) is 24.3 Å². The normalized spacial score (nSPS) is 15.7. The van der Waals surface area contributed by atoms with Crippen molar-refractivity contribution in [3.05, 3.63) is 59.7 Å². The second kappa shape index (κ2) is 7.52. The number of alkyl halides is 3. The van der Waals surface area contributed by atoms with E-state index in [1.54, 1.807) is 17.0 Å². The third-order valence-electron chi connectivity index (χ3n) is 4.69. The van der Waals surface area contributed by atoms with Crippen LogP contribution in [0, 0.1) is 0 Å². The van der Waals surface area contributed by atoms with Gasteiger partial charge in [-0.25, -0.2) is 4.99 Å². The molecular weight excluding hydrogens is 355 g/mol. The lowest BCUT2D eigenvalue weighted by atomic mass is 10.1. The summed E-state index contributed by atoms with van der Waals surface area (Å²) in [6.07, 6.45) is -4.45. The Morgan fingerprint density at radius 1 is 1.04 bits per heavy atom. The molecule has 0 radical (unpaired) electrons. The van der Waals surface area contributed by atoms with E-state index in [1.165, 1.54) is 17.0 Å². The third kappa shape index (κ3) is 3.88. The van der Waals surface area contributed by atoms with Gasteiger partial charge in [0.05, 0.1) is 30.0 Å². The molecule has 0 atom stereocenters. The van der Waals surface area contributed by atoms with E-state index in [1.807, 2.05) is 26.0 Å². The van der Waals surface area contributed by atoms with E-state index in [0.29, 0.717) is 12.2 Å². The van der Waals surface area contributed by atoms with E-state index < -0.39 is 11.7 Å². The average molecular weight is 376 g/mol. The Bertz CT molecular complexity index is 873. The third-order valence-corrected chi connectivity index (χ3v) is 4.69. The Morgan fingerprint density at radius 2 is 1.74 bits per heavy atom. The van der Waals surface area contributed by atoms with Gasteiger partial charge >= 0.3 is 6.18 Å². The fraction of sp³-hybridized carbons (Fsp3) is 0.300. The highest BCUT2D eigenvalue weighted by Crippen LogP contribution is 2.33. The Labute approximate surface area is 155 Å². The van der Waals surface area contributed by atoms with Gasteiger partial charge in [0.2, 0.25) is 0 Å². The topological polar surface area (TPSA) is 37.1 Å². The Hall–Kier alpha value is -2.67. The summed E-state index contributed by atoms with van der Waals surface area (Å²) >= 11 is 0. The summed E-state index contributed by atoms with van der Waals surface area (Å²) in [6.45, 7) is 6.31. The van der Waals surface area contributed by atoms with Crippen molar-refractivity contribution in [1.82, 2.24) is 0 Å². The average Bonchev–Trinajstić information content (AvgIpc) is 2.91. The fourth-order valence-corrected chi connectivity index (χ4v) is 3.10. The van der Waals surface area contributed by atoms with Crippen LogP contribution in [0.1, 0.15) is 25.0 Å². The molecule has 4 nitrogen and oxygen atoms in total. The van der Waals surface area contributed by atoms with Crippen LogP contribution in [0.3, 0.4) is 0 Å². The number of rotatable bonds is 5. The molecule has 7 heteroatoms. The second-order valence-electron chi connectivity index (χ2n) is 6.37. The first kappa shape index (κ1) is 19.1. The number of halogens is 3. The number of carbonyl (C=O) groups excluding carboxylic acids is 1. The monoisotopic (exact) mass is 376 g/mol. The van der Waals surface area contributed by atoms with E-state index >= 15 is 0 Å². The lowest BCUT2D eigenvalue weighted by molar-refractivity contribution is -0.895. The summed E-state index contributed by atoms with van der Waals surface area (Å²) in [4.78, 5) is 20.1. The van der Waals surface area contributed by atoms with Crippen molar-refractivity contribution >= 4 is 23.0 Å². The molecule has 1 N–H and O–H groups in total. The van der Waals surface area contributed by atoms with E-state index in [2.05, 4.69) is 4.99 Å². The van der Waals surface area contributed by atoms with Crippen LogP contribution in [-0.4, -0.2) is 31.4 Å². The minimum atomic E-state index is -4.45. The predicted molar refractivity (Wildman–Crippen MR) is 98.5 cm³/mol. The van der Waals surface area contributed by atoms with Crippen molar-refractivity contribution in [1.29, 1.82) is 0 Å². The molecule has 0 fully saturated rings. The number of benzene rings is 2. The number of hydrogen-bond donors (Lipinski definition) is 1. The van der Waals surface area contributed by atoms with Crippen molar-refractivity contribution in [3.63, 3.8) is 0 Å². The number of quaternary nitrogens is 1. The highest BCUT2D eigenvalue weighted by Gasteiger charge is 2.36. The smallest absolute Gasteiger partial charge is 0.318 e. The highest BCUT2D eigenvalue weighted by atomic mass is 19.4. The van der Waals surface area contributed by atoms with Gasteiger partial charge in [-0.05, 0) is 38.1 Å². The lowest BCUT2D eigenvalue weighted by Crippen LogP contribution is -3.13. The largest absolute Gasteiger partial charge is 0.416 e. The first-order chi connectivity index (χ1) is 12.8. The van der Waals surface area contributed by atoms with Crippen LogP contribution in [0.25, 0.3) is 0 Å². The number of carbonyl (C=O) groups is 1. The van der Waals surface area contributed by atoms with E-state index in [-0.39, 0.29) is 17.3 Å². The lowest BCUT2D eigenvalue weighted by Gasteiger charge is -2.23. The summed E-state index contributed by atoms with van der Waals surface area (Å²) in [6, 6.07) is 12.0. The first-order valence-corrected chi connectivity index (χ1v) is 8.86. The maximum Gasteiger partial charge on any atom is 0.416 e. The minimum absolute atomic E-state index is 0.111. The number of anilines is 1. The van der Waals surface area contributed by atoms with Gasteiger partial charge in [-0.2, -0.15) is 13.2 Å². The summed E-state index contributed by atoms with van der Waals surface area (Å²) in [5.41, 5.74) is 0.892. The second-order valence-corrected chi connectivity index (χ2v) is 6.37. The molecule has 0 saturated carbocycles. The standard InChI is InChI=1S/C20H20F3N3O/c1-3-25(4-2)13-26-17-11-6-5-10-16(17)18(19(26)27)24-15-9-7-8-14(12-15)20(21,22)23/h5-12H,3-4,13H2,1-2H3/p+1. The van der Waals surface area contributed by atoms with Gasteiger partial charge in [0, 0.05) is 5.56 Å². The molecule has 2 aromatic carbocycles. The van der Waals surface area contributed by atoms with E-state index in [9.17, 15) is 18.0 Å². The molecule has 1 heterocycles. The molecule has 142 valence electrons. The molecule has 1 amide bonds. The Morgan fingerprint density at radius 3 is 2.41 bits per heavy atom. The van der Waals surface area contributed by atoms with Crippen LogP contribution in [0.15, 0.2) is 53.5 Å². The molecule has 0 spiro atoms. The molecule has 3 rings (SSSR count). The van der Waals surface area contributed by atoms with Crippen molar-refractivity contribution < 1.29 is 22.9 Å². The van der Waals surface area contributed by atoms with Gasteiger partial charge in [0.1, 0.15) is 5.71 Å². The molecule has 0 unspecified atom stereocenters. The molecule has 0 aliphatic carbocycles. The van der Waals surface area contributed by atoms with Crippen LogP contribution >= 0.6 is 0 Å². The van der Waals surface area contributed by atoms with Crippen LogP contribution in [-0.2, 0) is 11.0 Å². The molecule has 1 aliphatic heterocycles. The Balaban J connectivity index is 2.01. The maximum atomic E-state index is 13.0. The van der Waals surface area contributed by atoms with E-state index in [4.69, 9.17) is 0 Å². The quantitative estimate of drug-likeness (QED) is 0.856. The zero-order valence-corrected chi connectivity index (χ0v) is 15.2. The number of aliphatic imine (C=N–C) groups is 1. The zero-order valence-electron chi connectivity index (χ0n) is 15.2. The molecular formula is C20H21F3N3O+. The van der Waals surface area contributed by atoms with Crippen LogP contribution in [0.2, 0.25) is 0 Å². The first-order valence-electron chi connectivity index (χ1n) is 8.86. The van der Waals surface area contributed by atoms with Gasteiger partial charge in [-0.15, -0.1) is 0 Å². The summed E-state index contributed by atoms with van der Waals surface area (Å²) < 4.78 is 38.9. The van der Waals surface area contributed by atoms with Gasteiger partial charge in [-0.3, -0.25) is 9.69 Å².